The molecule has 0 aliphatic rings. The minimum absolute atomic E-state index is 0.0107. The Kier molecular flexibility index (Phi) is 5.65. The Bertz CT molecular complexity index is 613. The Labute approximate surface area is 125 Å². The number of allylic oxidation sites excluding steroid dienone is 1. The van der Waals surface area contributed by atoms with Crippen molar-refractivity contribution in [3.63, 3.8) is 0 Å². The van der Waals surface area contributed by atoms with Gasteiger partial charge in [-0.15, -0.1) is 0 Å². The van der Waals surface area contributed by atoms with E-state index in [4.69, 9.17) is 0 Å². The summed E-state index contributed by atoms with van der Waals surface area (Å²) in [6, 6.07) is 18.9. The average molecular weight is 278 g/mol. The average Bonchev–Trinajstić information content (AvgIpc) is 2.53. The van der Waals surface area contributed by atoms with Gasteiger partial charge in [-0.1, -0.05) is 72.8 Å². The lowest BCUT2D eigenvalue weighted by molar-refractivity contribution is -0.118. The second-order valence-electron chi connectivity index (χ2n) is 4.86. The highest BCUT2D eigenvalue weighted by Gasteiger charge is 2.10. The van der Waals surface area contributed by atoms with E-state index in [1.165, 1.54) is 0 Å². The normalized spacial score (nSPS) is 10.7. The summed E-state index contributed by atoms with van der Waals surface area (Å²) in [5, 5.41) is 0. The van der Waals surface area contributed by atoms with E-state index >= 15 is 0 Å². The quantitative estimate of drug-likeness (QED) is 0.558. The molecule has 2 rings (SSSR count). The van der Waals surface area contributed by atoms with Crippen LogP contribution < -0.4 is 0 Å². The van der Waals surface area contributed by atoms with Crippen molar-refractivity contribution in [3.8, 4) is 0 Å². The molecule has 0 atom stereocenters. The molecule has 0 saturated carbocycles. The van der Waals surface area contributed by atoms with Crippen molar-refractivity contribution >= 4 is 17.6 Å². The highest BCUT2D eigenvalue weighted by molar-refractivity contribution is 6.07. The molecule has 0 unspecified atom stereocenters. The zero-order chi connectivity index (χ0) is 14.9. The highest BCUT2D eigenvalue weighted by atomic mass is 16.1. The fourth-order valence-corrected chi connectivity index (χ4v) is 2.02. The van der Waals surface area contributed by atoms with Gasteiger partial charge in [0.15, 0.2) is 5.78 Å². The van der Waals surface area contributed by atoms with Crippen molar-refractivity contribution < 1.29 is 9.59 Å². The van der Waals surface area contributed by atoms with Crippen LogP contribution >= 0.6 is 0 Å². The second kappa shape index (κ2) is 7.95. The van der Waals surface area contributed by atoms with Crippen LogP contribution in [0.3, 0.4) is 0 Å². The number of benzene rings is 2. The van der Waals surface area contributed by atoms with Crippen LogP contribution in [-0.4, -0.2) is 11.6 Å². The van der Waals surface area contributed by atoms with E-state index in [1.807, 2.05) is 48.6 Å². The van der Waals surface area contributed by atoms with Gasteiger partial charge in [0, 0.05) is 12.0 Å². The Morgan fingerprint density at radius 1 is 0.857 bits per heavy atom. The van der Waals surface area contributed by atoms with E-state index in [-0.39, 0.29) is 18.0 Å². The van der Waals surface area contributed by atoms with Crippen molar-refractivity contribution in [2.24, 2.45) is 0 Å². The number of carbonyl (C=O) groups is 2. The minimum Gasteiger partial charge on any atom is -0.299 e. The fraction of sp³-hybridized carbons (Fsp3) is 0.158. The largest absolute Gasteiger partial charge is 0.299 e. The first-order valence-electron chi connectivity index (χ1n) is 7.07. The molecule has 0 amide bonds. The van der Waals surface area contributed by atoms with Crippen LogP contribution in [0.15, 0.2) is 66.7 Å². The second-order valence-corrected chi connectivity index (χ2v) is 4.86. The van der Waals surface area contributed by atoms with Gasteiger partial charge in [-0.2, -0.15) is 0 Å². The van der Waals surface area contributed by atoms with Gasteiger partial charge >= 0.3 is 0 Å². The Morgan fingerprint density at radius 3 is 2.14 bits per heavy atom. The monoisotopic (exact) mass is 278 g/mol. The van der Waals surface area contributed by atoms with Crippen molar-refractivity contribution in [1.82, 2.24) is 0 Å². The van der Waals surface area contributed by atoms with Crippen LogP contribution in [0.2, 0.25) is 0 Å². The number of Topliss-reactive ketones (excluding diaryl/α,β-unsaturated/α-hetero) is 2. The molecule has 0 saturated heterocycles. The first-order chi connectivity index (χ1) is 10.3. The van der Waals surface area contributed by atoms with Gasteiger partial charge in [0.1, 0.15) is 5.78 Å². The Balaban J connectivity index is 1.75. The predicted octanol–water partition coefficient (Wildman–Crippen LogP) is 4.32. The number of ketones is 2. The summed E-state index contributed by atoms with van der Waals surface area (Å²) in [6.07, 6.45) is 5.02. The van der Waals surface area contributed by atoms with Crippen LogP contribution in [0.1, 0.15) is 35.2 Å². The molecule has 0 N–H and O–H groups in total. The van der Waals surface area contributed by atoms with Crippen molar-refractivity contribution in [3.05, 3.63) is 77.9 Å². The molecule has 0 spiro atoms. The summed E-state index contributed by atoms with van der Waals surface area (Å²) in [5.41, 5.74) is 1.72. The van der Waals surface area contributed by atoms with E-state index in [0.29, 0.717) is 18.4 Å². The maximum Gasteiger partial charge on any atom is 0.170 e. The molecule has 0 aliphatic carbocycles. The number of carbonyl (C=O) groups excluding carboxylic acids is 2. The van der Waals surface area contributed by atoms with Gasteiger partial charge in [-0.25, -0.2) is 0 Å². The molecular weight excluding hydrogens is 260 g/mol. The van der Waals surface area contributed by atoms with Gasteiger partial charge in [-0.05, 0) is 12.0 Å². The van der Waals surface area contributed by atoms with Crippen LogP contribution in [0.25, 0.3) is 6.08 Å². The first kappa shape index (κ1) is 14.9. The van der Waals surface area contributed by atoms with Crippen molar-refractivity contribution in [1.29, 1.82) is 0 Å². The van der Waals surface area contributed by atoms with E-state index in [9.17, 15) is 9.59 Å². The SMILES string of the molecule is O=C(CC/C=C/c1ccccc1)CC(=O)c1ccccc1. The summed E-state index contributed by atoms with van der Waals surface area (Å²) in [4.78, 5) is 23.7. The van der Waals surface area contributed by atoms with Crippen molar-refractivity contribution in [2.45, 2.75) is 19.3 Å². The van der Waals surface area contributed by atoms with Crippen LogP contribution in [0.4, 0.5) is 0 Å². The Morgan fingerprint density at radius 2 is 1.48 bits per heavy atom. The molecule has 2 heteroatoms. The molecule has 0 aliphatic heterocycles. The highest BCUT2D eigenvalue weighted by Crippen LogP contribution is 2.07. The molecule has 2 nitrogen and oxygen atoms in total. The molecule has 0 radical (unpaired) electrons. The lowest BCUT2D eigenvalue weighted by Gasteiger charge is -1.99. The molecule has 2 aromatic rings. The number of rotatable bonds is 7. The minimum atomic E-state index is -0.104. The summed E-state index contributed by atoms with van der Waals surface area (Å²) in [5.74, 6) is -0.116. The molecule has 0 aromatic heterocycles. The van der Waals surface area contributed by atoms with Gasteiger partial charge in [0.2, 0.25) is 0 Å². The topological polar surface area (TPSA) is 34.1 Å². The molecule has 0 heterocycles. The lowest BCUT2D eigenvalue weighted by Crippen LogP contribution is -2.07. The maximum atomic E-state index is 11.9. The summed E-state index contributed by atoms with van der Waals surface area (Å²) in [6.45, 7) is 0. The molecule has 106 valence electrons. The molecule has 0 fully saturated rings. The van der Waals surface area contributed by atoms with Crippen LogP contribution in [0, 0.1) is 0 Å². The summed E-state index contributed by atoms with van der Waals surface area (Å²) < 4.78 is 0. The van der Waals surface area contributed by atoms with Gasteiger partial charge in [0.25, 0.3) is 0 Å². The smallest absolute Gasteiger partial charge is 0.170 e. The predicted molar refractivity (Wildman–Crippen MR) is 85.1 cm³/mol. The number of hydrogen-bond acceptors (Lipinski definition) is 2. The van der Waals surface area contributed by atoms with E-state index in [0.717, 1.165) is 5.56 Å². The summed E-state index contributed by atoms with van der Waals surface area (Å²) in [7, 11) is 0. The first-order valence-corrected chi connectivity index (χ1v) is 7.07. The Hall–Kier alpha value is -2.48. The zero-order valence-electron chi connectivity index (χ0n) is 11.9. The number of hydrogen-bond donors (Lipinski definition) is 0. The van der Waals surface area contributed by atoms with E-state index in [1.54, 1.807) is 24.3 Å². The third kappa shape index (κ3) is 5.19. The third-order valence-corrected chi connectivity index (χ3v) is 3.15. The maximum absolute atomic E-state index is 11.9. The fourth-order valence-electron chi connectivity index (χ4n) is 2.02. The van der Waals surface area contributed by atoms with Gasteiger partial charge in [0.05, 0.1) is 6.42 Å². The van der Waals surface area contributed by atoms with Crippen LogP contribution in [0.5, 0.6) is 0 Å². The molecule has 0 bridgehead atoms. The van der Waals surface area contributed by atoms with Gasteiger partial charge < -0.3 is 0 Å². The zero-order valence-corrected chi connectivity index (χ0v) is 11.9. The van der Waals surface area contributed by atoms with E-state index in [2.05, 4.69) is 0 Å². The molecular formula is C19H18O2. The summed E-state index contributed by atoms with van der Waals surface area (Å²) >= 11 is 0. The van der Waals surface area contributed by atoms with Gasteiger partial charge in [-0.3, -0.25) is 9.59 Å². The van der Waals surface area contributed by atoms with Crippen LogP contribution in [-0.2, 0) is 4.79 Å². The van der Waals surface area contributed by atoms with Crippen molar-refractivity contribution in [2.75, 3.05) is 0 Å². The lowest BCUT2D eigenvalue weighted by atomic mass is 10.0. The standard InChI is InChI=1S/C19H18O2/c20-18(15-19(21)17-12-5-2-6-13-17)14-8-7-11-16-9-3-1-4-10-16/h1-7,9-13H,8,14-15H2/b11-7+. The molecule has 2 aromatic carbocycles. The molecule has 21 heavy (non-hydrogen) atoms. The van der Waals surface area contributed by atoms with E-state index < -0.39 is 0 Å². The third-order valence-electron chi connectivity index (χ3n) is 3.15.